The average molecular weight is 107 g/mol. The molecule has 0 bridgehead atoms. The number of dihydropyridines is 1. The number of hydrogen-bond donors (Lipinski definition) is 1. The Balaban J connectivity index is 2.25. The second kappa shape index (κ2) is 0.992. The van der Waals surface area contributed by atoms with E-state index in [1.807, 2.05) is 24.6 Å². The smallest absolute Gasteiger partial charge is 0.230 e. The van der Waals surface area contributed by atoms with E-state index in [-0.39, 0.29) is 5.66 Å². The largest absolute Gasteiger partial charge is 0.368 e. The molecule has 8 heavy (non-hydrogen) atoms. The minimum absolute atomic E-state index is 0.245. The molecule has 0 aromatic carbocycles. The van der Waals surface area contributed by atoms with Crippen molar-refractivity contribution in [1.82, 2.24) is 5.32 Å². The highest BCUT2D eigenvalue weighted by molar-refractivity contribution is 5.25. The Kier molecular flexibility index (Phi) is 0.475. The third-order valence-electron chi connectivity index (χ3n) is 1.18. The maximum absolute atomic E-state index is 3.80. The van der Waals surface area contributed by atoms with Crippen molar-refractivity contribution in [3.8, 4) is 0 Å². The van der Waals surface area contributed by atoms with Gasteiger partial charge in [-0.2, -0.15) is 0 Å². The first kappa shape index (κ1) is 3.83. The van der Waals surface area contributed by atoms with E-state index in [1.54, 1.807) is 0 Å². The molecule has 40 valence electrons. The minimum Gasteiger partial charge on any atom is -0.368 e. The van der Waals surface area contributed by atoms with Crippen LogP contribution in [0.1, 0.15) is 0 Å². The molecular formula is C5H5N3. The lowest BCUT2D eigenvalue weighted by Gasteiger charge is -2.01. The van der Waals surface area contributed by atoms with Crippen LogP contribution in [0.5, 0.6) is 0 Å². The second-order valence-electron chi connectivity index (χ2n) is 1.82. The highest BCUT2D eigenvalue weighted by atomic mass is 15.4. The van der Waals surface area contributed by atoms with Crippen LogP contribution in [0.2, 0.25) is 0 Å². The molecule has 0 aliphatic carbocycles. The van der Waals surface area contributed by atoms with Crippen LogP contribution in [0, 0.1) is 0 Å². The maximum atomic E-state index is 3.80. The predicted molar refractivity (Wildman–Crippen MR) is 29.0 cm³/mol. The fourth-order valence-corrected chi connectivity index (χ4v) is 0.644. The summed E-state index contributed by atoms with van der Waals surface area (Å²) in [5.41, 5.74) is -0.245. The van der Waals surface area contributed by atoms with Crippen molar-refractivity contribution in [3.63, 3.8) is 0 Å². The van der Waals surface area contributed by atoms with Gasteiger partial charge in [0.15, 0.2) is 0 Å². The van der Waals surface area contributed by atoms with E-state index in [0.29, 0.717) is 0 Å². The lowest BCUT2D eigenvalue weighted by Crippen LogP contribution is -2.10. The van der Waals surface area contributed by atoms with Crippen molar-refractivity contribution in [2.24, 2.45) is 10.2 Å². The van der Waals surface area contributed by atoms with Gasteiger partial charge in [-0.15, -0.1) is 10.2 Å². The SMILES string of the molecule is C1=CC2(C=CN1)N=N2. The van der Waals surface area contributed by atoms with Gasteiger partial charge in [0, 0.05) is 12.4 Å². The molecule has 3 nitrogen and oxygen atoms in total. The molecule has 2 aliphatic heterocycles. The monoisotopic (exact) mass is 107 g/mol. The van der Waals surface area contributed by atoms with Gasteiger partial charge in [0.25, 0.3) is 0 Å². The molecular weight excluding hydrogens is 102 g/mol. The van der Waals surface area contributed by atoms with Gasteiger partial charge in [-0.25, -0.2) is 0 Å². The van der Waals surface area contributed by atoms with E-state index in [0.717, 1.165) is 0 Å². The van der Waals surface area contributed by atoms with Crippen molar-refractivity contribution in [1.29, 1.82) is 0 Å². The summed E-state index contributed by atoms with van der Waals surface area (Å²) < 4.78 is 0. The Morgan fingerprint density at radius 2 is 1.75 bits per heavy atom. The van der Waals surface area contributed by atoms with Crippen LogP contribution in [0.15, 0.2) is 34.8 Å². The van der Waals surface area contributed by atoms with Crippen LogP contribution in [0.3, 0.4) is 0 Å². The van der Waals surface area contributed by atoms with Crippen molar-refractivity contribution in [3.05, 3.63) is 24.6 Å². The molecule has 0 atom stereocenters. The Bertz CT molecular complexity index is 170. The summed E-state index contributed by atoms with van der Waals surface area (Å²) in [6.45, 7) is 0. The summed E-state index contributed by atoms with van der Waals surface area (Å²) >= 11 is 0. The fraction of sp³-hybridized carbons (Fsp3) is 0.200. The molecule has 0 radical (unpaired) electrons. The van der Waals surface area contributed by atoms with Crippen LogP contribution in [-0.2, 0) is 0 Å². The van der Waals surface area contributed by atoms with Crippen LogP contribution >= 0.6 is 0 Å². The molecule has 0 aromatic heterocycles. The average Bonchev–Trinajstić information content (AvgIpc) is 2.52. The Morgan fingerprint density at radius 3 is 2.12 bits per heavy atom. The Labute approximate surface area is 46.8 Å². The third-order valence-corrected chi connectivity index (χ3v) is 1.18. The van der Waals surface area contributed by atoms with Gasteiger partial charge >= 0.3 is 0 Å². The number of rotatable bonds is 0. The molecule has 0 fully saturated rings. The van der Waals surface area contributed by atoms with Crippen LogP contribution < -0.4 is 5.32 Å². The Hall–Kier alpha value is -1.12. The molecule has 0 aromatic rings. The van der Waals surface area contributed by atoms with Gasteiger partial charge in [0.2, 0.25) is 5.66 Å². The molecule has 0 amide bonds. The van der Waals surface area contributed by atoms with Gasteiger partial charge in [-0.05, 0) is 12.2 Å². The van der Waals surface area contributed by atoms with Crippen molar-refractivity contribution in [2.75, 3.05) is 0 Å². The number of hydrogen-bond acceptors (Lipinski definition) is 3. The van der Waals surface area contributed by atoms with Gasteiger partial charge in [0.05, 0.1) is 0 Å². The number of nitrogens with one attached hydrogen (secondary N) is 1. The normalized spacial score (nSPS) is 26.0. The zero-order valence-electron chi connectivity index (χ0n) is 4.20. The first-order valence-corrected chi connectivity index (χ1v) is 2.47. The Morgan fingerprint density at radius 1 is 1.12 bits per heavy atom. The summed E-state index contributed by atoms with van der Waals surface area (Å²) in [7, 11) is 0. The summed E-state index contributed by atoms with van der Waals surface area (Å²) in [5.74, 6) is 0. The van der Waals surface area contributed by atoms with Gasteiger partial charge in [0.1, 0.15) is 0 Å². The highest BCUT2D eigenvalue weighted by Gasteiger charge is 2.34. The van der Waals surface area contributed by atoms with Crippen molar-refractivity contribution in [2.45, 2.75) is 5.66 Å². The van der Waals surface area contributed by atoms with Crippen molar-refractivity contribution >= 4 is 0 Å². The minimum atomic E-state index is -0.245. The zero-order chi connectivity index (χ0) is 5.45. The lowest BCUT2D eigenvalue weighted by atomic mass is 10.2. The van der Waals surface area contributed by atoms with Gasteiger partial charge in [-0.3, -0.25) is 0 Å². The zero-order valence-corrected chi connectivity index (χ0v) is 4.20. The summed E-state index contributed by atoms with van der Waals surface area (Å²) in [4.78, 5) is 0. The molecule has 2 aliphatic rings. The van der Waals surface area contributed by atoms with E-state index in [2.05, 4.69) is 15.5 Å². The van der Waals surface area contributed by atoms with Gasteiger partial charge in [-0.1, -0.05) is 0 Å². The standard InChI is InChI=1S/C5H5N3/c1-3-6-4-2-5(1)7-8-5/h1-4,6H. The second-order valence-corrected chi connectivity index (χ2v) is 1.82. The summed E-state index contributed by atoms with van der Waals surface area (Å²) in [6, 6.07) is 0. The molecule has 2 rings (SSSR count). The molecule has 0 saturated carbocycles. The van der Waals surface area contributed by atoms with Crippen LogP contribution in [0.25, 0.3) is 0 Å². The molecule has 1 N–H and O–H groups in total. The third kappa shape index (κ3) is 0.381. The summed E-state index contributed by atoms with van der Waals surface area (Å²) in [5, 5.41) is 10.5. The molecule has 0 saturated heterocycles. The van der Waals surface area contributed by atoms with E-state index in [9.17, 15) is 0 Å². The van der Waals surface area contributed by atoms with E-state index in [4.69, 9.17) is 0 Å². The molecule has 3 heteroatoms. The highest BCUT2D eigenvalue weighted by Crippen LogP contribution is 2.31. The molecule has 0 unspecified atom stereocenters. The van der Waals surface area contributed by atoms with Crippen molar-refractivity contribution < 1.29 is 0 Å². The molecule has 2 heterocycles. The van der Waals surface area contributed by atoms with E-state index >= 15 is 0 Å². The van der Waals surface area contributed by atoms with Gasteiger partial charge < -0.3 is 5.32 Å². The van der Waals surface area contributed by atoms with Crippen LogP contribution in [-0.4, -0.2) is 5.66 Å². The topological polar surface area (TPSA) is 36.8 Å². The predicted octanol–water partition coefficient (Wildman–Crippen LogP) is 0.779. The first-order chi connectivity index (χ1) is 3.91. The fourth-order valence-electron chi connectivity index (χ4n) is 0.644. The summed E-state index contributed by atoms with van der Waals surface area (Å²) in [6.07, 6.45) is 7.49. The number of nitrogens with zero attached hydrogens (tertiary/aromatic N) is 2. The lowest BCUT2D eigenvalue weighted by molar-refractivity contribution is 0.901. The van der Waals surface area contributed by atoms with E-state index in [1.165, 1.54) is 0 Å². The first-order valence-electron chi connectivity index (χ1n) is 2.47. The molecule has 1 spiro atoms. The van der Waals surface area contributed by atoms with Crippen LogP contribution in [0.4, 0.5) is 0 Å². The van der Waals surface area contributed by atoms with E-state index < -0.39 is 0 Å². The quantitative estimate of drug-likeness (QED) is 0.488. The maximum Gasteiger partial charge on any atom is 0.230 e.